The van der Waals surface area contributed by atoms with Crippen LogP contribution in [-0.4, -0.2) is 71.0 Å². The first-order valence-electron chi connectivity index (χ1n) is 11.1. The van der Waals surface area contributed by atoms with E-state index in [4.69, 9.17) is 21.1 Å². The van der Waals surface area contributed by atoms with E-state index in [2.05, 4.69) is 25.9 Å². The van der Waals surface area contributed by atoms with Crippen LogP contribution in [0.5, 0.6) is 0 Å². The van der Waals surface area contributed by atoms with Crippen LogP contribution in [0.15, 0.2) is 47.1 Å². The first kappa shape index (κ1) is 25.6. The van der Waals surface area contributed by atoms with E-state index in [9.17, 15) is 19.5 Å². The summed E-state index contributed by atoms with van der Waals surface area (Å²) in [5, 5.41) is 33.4. The molecule has 2 atom stereocenters. The highest BCUT2D eigenvalue weighted by Crippen LogP contribution is 2.40. The number of rotatable bonds is 8. The first-order chi connectivity index (χ1) is 18.8. The molecule has 0 bridgehead atoms. The number of imidazole rings is 1. The SMILES string of the molecule is N#CCON=C(C(=O)N[C@@H]1C(=O)N2C(C(=O)O)=C(C[n+]3ccn4cc(C#N)ccc43)CS[C@@H]12)c1nsc(N)n1. The fourth-order valence-corrected chi connectivity index (χ4v) is 5.93. The van der Waals surface area contributed by atoms with Gasteiger partial charge in [0.05, 0.1) is 5.56 Å². The third-order valence-electron chi connectivity index (χ3n) is 5.84. The van der Waals surface area contributed by atoms with Crippen LogP contribution in [0.3, 0.4) is 0 Å². The van der Waals surface area contributed by atoms with E-state index in [1.54, 1.807) is 41.2 Å². The minimum atomic E-state index is -1.27. The van der Waals surface area contributed by atoms with Crippen molar-refractivity contribution < 1.29 is 28.9 Å². The number of carbonyl (C=O) groups is 3. The van der Waals surface area contributed by atoms with Crippen molar-refractivity contribution in [2.45, 2.75) is 18.0 Å². The summed E-state index contributed by atoms with van der Waals surface area (Å²) in [6.07, 6.45) is 5.17. The number of nitrogens with zero attached hydrogens (tertiary/aromatic N) is 8. The summed E-state index contributed by atoms with van der Waals surface area (Å²) in [6, 6.07) is 6.16. The Bertz CT molecular complexity index is 1660. The first-order valence-corrected chi connectivity index (χ1v) is 12.9. The number of thioether (sulfide) groups is 1. The van der Waals surface area contributed by atoms with Gasteiger partial charge in [-0.2, -0.15) is 19.9 Å². The second kappa shape index (κ2) is 10.4. The standard InChI is InChI=1S/C22H16N10O5S2/c23-3-6-37-28-14(17-27-22(25)39-29-17)18(33)26-15-19(34)32-16(21(35)36)12(10-38-20(15)32)9-31-5-4-30-8-11(7-24)1-2-13(30)31/h1-2,4-5,8,15,20H,6,9-10H2,(H3-,25,26,27,29,33,35,36)/p+1/t15-,20+/m1/s1. The van der Waals surface area contributed by atoms with Gasteiger partial charge in [0.1, 0.15) is 54.4 Å². The molecule has 0 aromatic carbocycles. The van der Waals surface area contributed by atoms with Gasteiger partial charge in [-0.25, -0.2) is 13.8 Å². The summed E-state index contributed by atoms with van der Waals surface area (Å²) >= 11 is 2.13. The number of aromatic nitrogens is 4. The van der Waals surface area contributed by atoms with E-state index in [0.29, 0.717) is 16.9 Å². The second-order valence-corrected chi connectivity index (χ2v) is 10.1. The Morgan fingerprint density at radius 2 is 2.21 bits per heavy atom. The minimum absolute atomic E-state index is 0.0719. The Morgan fingerprint density at radius 3 is 2.90 bits per heavy atom. The molecule has 17 heteroatoms. The quantitative estimate of drug-likeness (QED) is 0.101. The molecule has 5 heterocycles. The number of carbonyl (C=O) groups excluding carboxylic acids is 2. The van der Waals surface area contributed by atoms with E-state index in [1.807, 2.05) is 4.57 Å². The van der Waals surface area contributed by atoms with Crippen molar-refractivity contribution in [3.63, 3.8) is 0 Å². The average Bonchev–Trinajstić information content (AvgIpc) is 3.54. The molecule has 0 radical (unpaired) electrons. The number of oxime groups is 1. The molecule has 2 amide bonds. The fourth-order valence-electron chi connectivity index (χ4n) is 4.16. The highest BCUT2D eigenvalue weighted by atomic mass is 32.2. The van der Waals surface area contributed by atoms with Gasteiger partial charge in [0.15, 0.2) is 5.13 Å². The predicted molar refractivity (Wildman–Crippen MR) is 134 cm³/mol. The molecule has 3 aromatic rings. The van der Waals surface area contributed by atoms with E-state index in [-0.39, 0.29) is 28.9 Å². The largest absolute Gasteiger partial charge is 0.477 e. The summed E-state index contributed by atoms with van der Waals surface area (Å²) in [4.78, 5) is 48.2. The van der Waals surface area contributed by atoms with Crippen LogP contribution in [0, 0.1) is 22.7 Å². The number of nitrogen functional groups attached to an aromatic ring is 1. The molecular weight excluding hydrogens is 548 g/mol. The lowest BCUT2D eigenvalue weighted by Crippen LogP contribution is -2.71. The summed E-state index contributed by atoms with van der Waals surface area (Å²) in [6.45, 7) is -0.232. The van der Waals surface area contributed by atoms with Gasteiger partial charge in [-0.3, -0.25) is 14.5 Å². The highest BCUT2D eigenvalue weighted by molar-refractivity contribution is 8.00. The van der Waals surface area contributed by atoms with Crippen LogP contribution < -0.4 is 15.6 Å². The minimum Gasteiger partial charge on any atom is -0.477 e. The van der Waals surface area contributed by atoms with Crippen LogP contribution >= 0.6 is 23.3 Å². The maximum Gasteiger partial charge on any atom is 0.352 e. The third-order valence-corrected chi connectivity index (χ3v) is 7.72. The van der Waals surface area contributed by atoms with Crippen LogP contribution in [0.2, 0.25) is 0 Å². The second-order valence-electron chi connectivity index (χ2n) is 8.17. The molecule has 4 N–H and O–H groups in total. The van der Waals surface area contributed by atoms with Gasteiger partial charge in [0.2, 0.25) is 18.1 Å². The third kappa shape index (κ3) is 4.72. The van der Waals surface area contributed by atoms with Crippen molar-refractivity contribution >= 4 is 57.6 Å². The summed E-state index contributed by atoms with van der Waals surface area (Å²) < 4.78 is 7.50. The van der Waals surface area contributed by atoms with Crippen molar-refractivity contribution in [3.05, 3.63) is 53.4 Å². The van der Waals surface area contributed by atoms with Crippen molar-refractivity contribution in [2.24, 2.45) is 5.16 Å². The smallest absolute Gasteiger partial charge is 0.352 e. The lowest BCUT2D eigenvalue weighted by atomic mass is 10.0. The highest BCUT2D eigenvalue weighted by Gasteiger charge is 2.54. The molecule has 39 heavy (non-hydrogen) atoms. The molecule has 196 valence electrons. The number of nitrogens with two attached hydrogens (primary N) is 1. The summed E-state index contributed by atoms with van der Waals surface area (Å²) in [7, 11) is 0. The number of aliphatic carboxylic acids is 1. The van der Waals surface area contributed by atoms with Gasteiger partial charge in [-0.05, 0) is 6.07 Å². The molecular formula is C22H17N10O5S2+. The lowest BCUT2D eigenvalue weighted by molar-refractivity contribution is -0.662. The zero-order chi connectivity index (χ0) is 27.7. The number of carboxylic acids is 1. The van der Waals surface area contributed by atoms with Crippen LogP contribution in [0.1, 0.15) is 11.4 Å². The number of pyridine rings is 1. The van der Waals surface area contributed by atoms with E-state index < -0.39 is 35.8 Å². The number of amides is 2. The van der Waals surface area contributed by atoms with Crippen molar-refractivity contribution in [1.29, 1.82) is 10.5 Å². The molecule has 5 rings (SSSR count). The van der Waals surface area contributed by atoms with E-state index in [1.165, 1.54) is 11.8 Å². The van der Waals surface area contributed by atoms with Gasteiger partial charge in [-0.1, -0.05) is 5.16 Å². The monoisotopic (exact) mass is 565 g/mol. The Hall–Kier alpha value is -5.00. The summed E-state index contributed by atoms with van der Waals surface area (Å²) in [5.74, 6) is -2.56. The molecule has 0 aliphatic carbocycles. The van der Waals surface area contributed by atoms with Crippen molar-refractivity contribution in [1.82, 2.24) is 24.0 Å². The van der Waals surface area contributed by atoms with E-state index in [0.717, 1.165) is 22.1 Å². The van der Waals surface area contributed by atoms with Gasteiger partial charge in [0.25, 0.3) is 17.5 Å². The Morgan fingerprint density at radius 1 is 1.38 bits per heavy atom. The maximum absolute atomic E-state index is 13.1. The van der Waals surface area contributed by atoms with Crippen molar-refractivity contribution in [3.8, 4) is 12.1 Å². The average molecular weight is 566 g/mol. The normalized spacial score (nSPS) is 18.7. The van der Waals surface area contributed by atoms with Gasteiger partial charge in [-0.15, -0.1) is 11.8 Å². The summed E-state index contributed by atoms with van der Waals surface area (Å²) in [5.41, 5.74) is 6.80. The van der Waals surface area contributed by atoms with Crippen LogP contribution in [0.4, 0.5) is 5.13 Å². The fraction of sp³-hybridized carbons (Fsp3) is 0.227. The Balaban J connectivity index is 1.36. The molecule has 2 aliphatic heterocycles. The molecule has 1 fully saturated rings. The molecule has 2 aliphatic rings. The number of hydrogen-bond acceptors (Lipinski definition) is 12. The van der Waals surface area contributed by atoms with Gasteiger partial charge >= 0.3 is 5.97 Å². The molecule has 0 spiro atoms. The Kier molecular flexibility index (Phi) is 6.84. The molecule has 0 unspecified atom stereocenters. The number of carboxylic acid groups (broad SMARTS) is 1. The molecule has 3 aromatic heterocycles. The number of β-lactam (4-membered cyclic amide) rings is 1. The zero-order valence-corrected chi connectivity index (χ0v) is 21.3. The lowest BCUT2D eigenvalue weighted by Gasteiger charge is -2.49. The van der Waals surface area contributed by atoms with Gasteiger partial charge < -0.3 is 21.0 Å². The molecule has 15 nitrogen and oxygen atoms in total. The number of hydrogen-bond donors (Lipinski definition) is 3. The number of nitrogens with one attached hydrogen (secondary N) is 1. The Labute approximate surface area is 227 Å². The topological polar surface area (TPSA) is 216 Å². The van der Waals surface area contributed by atoms with Gasteiger partial charge in [0, 0.05) is 28.9 Å². The molecule has 1 saturated heterocycles. The number of anilines is 1. The number of nitriles is 2. The van der Waals surface area contributed by atoms with Crippen LogP contribution in [0.25, 0.3) is 5.65 Å². The van der Waals surface area contributed by atoms with Crippen LogP contribution in [-0.2, 0) is 25.8 Å². The predicted octanol–water partition coefficient (Wildman–Crippen LogP) is -0.785. The van der Waals surface area contributed by atoms with E-state index >= 15 is 0 Å². The zero-order valence-electron chi connectivity index (χ0n) is 19.7. The maximum atomic E-state index is 13.1. The number of fused-ring (bicyclic) bond motifs is 2. The van der Waals surface area contributed by atoms with Crippen molar-refractivity contribution in [2.75, 3.05) is 18.1 Å². The molecule has 0 saturated carbocycles.